The van der Waals surface area contributed by atoms with Gasteiger partial charge in [0.25, 0.3) is 0 Å². The van der Waals surface area contributed by atoms with Crippen molar-refractivity contribution in [1.29, 1.82) is 0 Å². The molecule has 2 radical (unpaired) electrons. The van der Waals surface area contributed by atoms with Crippen LogP contribution in [0.15, 0.2) is 334 Å². The Morgan fingerprint density at radius 1 is 0.326 bits per heavy atom. The van der Waals surface area contributed by atoms with Crippen LogP contribution in [0.2, 0.25) is 25.1 Å². The van der Waals surface area contributed by atoms with Gasteiger partial charge in [-0.25, -0.2) is 27.8 Å². The number of nitrogens with zero attached hydrogens (tertiary/aromatic N) is 20. The topological polar surface area (TPSA) is 244 Å². The molecule has 1 aliphatic heterocycles. The van der Waals surface area contributed by atoms with E-state index in [0.29, 0.717) is 125 Å². The number of Topliss-reactive ketones (excluding diaryl/α,β-unsaturated/α-hetero) is 1. The molecule has 0 amide bonds. The van der Waals surface area contributed by atoms with E-state index in [1.165, 1.54) is 24.9 Å². The second kappa shape index (κ2) is 44.8. The summed E-state index contributed by atoms with van der Waals surface area (Å²) in [6.07, 6.45) is 2.65. The summed E-state index contributed by atoms with van der Waals surface area (Å²) in [5.74, 6) is 0.0971. The van der Waals surface area contributed by atoms with Gasteiger partial charge in [-0.3, -0.25) is 4.79 Å². The van der Waals surface area contributed by atoms with Crippen LogP contribution < -0.4 is 0 Å². The number of hydrogen-bond acceptors (Lipinski definition) is 17. The third kappa shape index (κ3) is 21.0. The maximum atomic E-state index is 12.9. The van der Waals surface area contributed by atoms with Crippen LogP contribution in [0.25, 0.3) is 168 Å². The first-order valence-electron chi connectivity index (χ1n) is 43.5. The third-order valence-electron chi connectivity index (χ3n) is 22.3. The molecule has 0 bridgehead atoms. The number of ketones is 1. The number of aromatic nitrogens is 20. The predicted octanol–water partition coefficient (Wildman–Crippen LogP) is 25.8. The summed E-state index contributed by atoms with van der Waals surface area (Å²) < 4.78 is 27.6. The first-order chi connectivity index (χ1) is 66.4. The van der Waals surface area contributed by atoms with Crippen molar-refractivity contribution in [3.8, 4) is 113 Å². The summed E-state index contributed by atoms with van der Waals surface area (Å²) in [4.78, 5) is 11.4. The molecule has 21 aromatic rings. The molecule has 1 saturated heterocycles. The van der Waals surface area contributed by atoms with Gasteiger partial charge in [-0.2, -0.15) is 25.5 Å². The van der Waals surface area contributed by atoms with E-state index in [1.807, 2.05) is 342 Å². The first-order valence-corrected chi connectivity index (χ1v) is 55.0. The predicted molar refractivity (Wildman–Crippen MR) is 547 cm³/mol. The zero-order valence-electron chi connectivity index (χ0n) is 72.9. The molecule has 1 fully saturated rings. The molecule has 1 aliphatic rings. The summed E-state index contributed by atoms with van der Waals surface area (Å²) in [5, 5.41) is 74.3. The molecule has 22 rings (SSSR count). The number of fused-ring (bicyclic) bond motifs is 5. The number of hydrogen-bond donors (Lipinski definition) is 0. The van der Waals surface area contributed by atoms with E-state index >= 15 is 0 Å². The first kappa shape index (κ1) is 93.6. The number of alkyl halides is 1. The van der Waals surface area contributed by atoms with Crippen molar-refractivity contribution in [3.05, 3.63) is 364 Å². The molecule has 666 valence electrons. The summed E-state index contributed by atoms with van der Waals surface area (Å²) in [5.41, 5.74) is 20.9. The molecule has 0 unspecified atom stereocenters. The molecule has 11 aromatic carbocycles. The standard InChI is InChI=1S/C24H17ClN4.C22H19ClN4O.C21H17ClN4O.C19H14ClFN4.C19H15ClN4.HI.In/c25-21-20-22(18-12-6-2-7-13-18)28-29(16-17-10-4-1-5-11-17)24(20)27-26-23(21)19-14-8-3-9-15-19;23-19-18-20(15-8-3-1-4-9-15)26-27(14-17-12-7-13-28-17)22(18)25-24-21(19)16-10-5-2-6-11-16;1-14(27)12-13-26-21-17(19(25-26)15-8-4-2-5-9-15)18(22)20(23-24-21)16-10-6-3-7-11-16;20-16-15-17(13-7-3-1-4-8-13)24-25(12-11-21)19(15)23-22-18(16)14-9-5-2-6-10-14;1-2-24-19-15(17(23-24)13-9-5-3-6-10-13)16(20)18(21-22-19)14-11-7-4-8-12-14;;/h1-15H,16H2;1-6,8-11,17H,7,12-14H2;2-11H,12-13H2,1H3;1-10H,11-12H2;3-12H,2H2,1H3;1H;/q;;;;;;+1/p-1/t;17-;;;;;/m.1...../s1. The number of carbonyl (C=O) groups excluding carboxylic acids is 1. The molecule has 0 aliphatic carbocycles. The molecule has 22 nitrogen and oxygen atoms in total. The van der Waals surface area contributed by atoms with Crippen LogP contribution >= 0.6 is 76.1 Å². The van der Waals surface area contributed by atoms with Crippen LogP contribution in [-0.4, -0.2) is 145 Å². The van der Waals surface area contributed by atoms with E-state index in [2.05, 4.69) is 86.4 Å². The second-order valence-corrected chi connectivity index (χ2v) is 33.0. The quantitative estimate of drug-likeness (QED) is 0.0644. The van der Waals surface area contributed by atoms with Gasteiger partial charge in [-0.1, -0.05) is 392 Å². The molecule has 30 heteroatoms. The Bertz CT molecular complexity index is 7600. The van der Waals surface area contributed by atoms with Crippen molar-refractivity contribution < 1.29 is 13.9 Å². The summed E-state index contributed by atoms with van der Waals surface area (Å²) in [6, 6.07) is 109. The van der Waals surface area contributed by atoms with Crippen molar-refractivity contribution in [2.24, 2.45) is 0 Å². The van der Waals surface area contributed by atoms with Crippen LogP contribution in [0.5, 0.6) is 0 Å². The van der Waals surface area contributed by atoms with E-state index in [9.17, 15) is 9.18 Å². The number of aryl methyl sites for hydroxylation is 3. The Morgan fingerprint density at radius 3 is 0.815 bits per heavy atom. The summed E-state index contributed by atoms with van der Waals surface area (Å²) in [7, 11) is 0. The molecule has 11 heterocycles. The Morgan fingerprint density at radius 2 is 0.556 bits per heavy atom. The van der Waals surface area contributed by atoms with Gasteiger partial charge in [-0.15, -0.1) is 51.0 Å². The van der Waals surface area contributed by atoms with Gasteiger partial charge in [0.1, 0.15) is 69.4 Å². The molecule has 0 spiro atoms. The third-order valence-corrected chi connectivity index (χ3v) is 24.1. The molecule has 0 saturated carbocycles. The minimum atomic E-state index is -0.537. The second-order valence-electron chi connectivity index (χ2n) is 31.1. The number of ether oxygens (including phenoxy) is 1. The molecular weight excluding hydrogens is 2010 g/mol. The fourth-order valence-corrected chi connectivity index (χ4v) is 17.4. The van der Waals surface area contributed by atoms with Crippen molar-refractivity contribution in [2.45, 2.75) is 71.9 Å². The van der Waals surface area contributed by atoms with Crippen molar-refractivity contribution in [2.75, 3.05) is 13.3 Å². The maximum absolute atomic E-state index is 12.9. The van der Waals surface area contributed by atoms with Gasteiger partial charge in [0.05, 0.1) is 84.3 Å². The van der Waals surface area contributed by atoms with Crippen LogP contribution in [0.4, 0.5) is 4.39 Å². The minimum absolute atomic E-state index is 0.0971. The van der Waals surface area contributed by atoms with Crippen molar-refractivity contribution in [1.82, 2.24) is 99.9 Å². The van der Waals surface area contributed by atoms with Gasteiger partial charge in [0, 0.05) is 75.2 Å². The summed E-state index contributed by atoms with van der Waals surface area (Å²) >= 11 is 37.6. The molecular formula is C105H82Cl5FIInN20O2. The molecule has 0 N–H and O–H groups in total. The van der Waals surface area contributed by atoms with Gasteiger partial charge < -0.3 is 4.74 Å². The number of halogens is 7. The molecule has 135 heavy (non-hydrogen) atoms. The fraction of sp³-hybridized carbons (Fsp3) is 0.124. The van der Waals surface area contributed by atoms with Gasteiger partial charge in [-0.05, 0) is 32.3 Å². The fourth-order valence-electron chi connectivity index (χ4n) is 15.8. The number of rotatable bonds is 20. The van der Waals surface area contributed by atoms with Crippen LogP contribution in [0.1, 0.15) is 38.7 Å². The van der Waals surface area contributed by atoms with Gasteiger partial charge >= 0.3 is 38.4 Å². The Labute approximate surface area is 825 Å². The van der Waals surface area contributed by atoms with Crippen molar-refractivity contribution in [3.63, 3.8) is 0 Å². The average Bonchev–Trinajstić information content (AvgIpc) is 1.65. The van der Waals surface area contributed by atoms with E-state index in [0.717, 1.165) is 125 Å². The van der Waals surface area contributed by atoms with Crippen LogP contribution in [-0.2, 0) is 42.3 Å². The van der Waals surface area contributed by atoms with Crippen LogP contribution in [0.3, 0.4) is 0 Å². The molecule has 1 atom stereocenters. The summed E-state index contributed by atoms with van der Waals surface area (Å²) in [6.45, 7) is 6.37. The van der Waals surface area contributed by atoms with E-state index < -0.39 is 6.67 Å². The normalized spacial score (nSPS) is 12.1. The zero-order valence-corrected chi connectivity index (χ0v) is 82.1. The number of benzene rings is 11. The Balaban J connectivity index is 0.000000117. The SMILES string of the molecule is CC(=O)CCn1nc(-c2ccccc2)c2c(Cl)c(-c3ccccc3)nnc21.CCn1nc(-c2ccccc2)c2c(Cl)c(-c3ccccc3)nnc21.Clc1c(-c2ccccc2)nnc2c1c(-c1ccccc1)nn2C[C@H]1CCCO1.Clc1c(-c2ccccc2)nnc2c1c(-c1ccccc1)nn2Cc1ccccc1.FCCn1nc(-c2ccccc2)c2c(Cl)c(-c3ccccc3)nnc21.[In][I]. The number of carbonyl (C=O) groups is 1. The van der Waals surface area contributed by atoms with Crippen molar-refractivity contribution >= 4 is 157 Å². The van der Waals surface area contributed by atoms with Crippen LogP contribution in [0, 0.1) is 0 Å². The van der Waals surface area contributed by atoms with Gasteiger partial charge in [0.2, 0.25) is 0 Å². The van der Waals surface area contributed by atoms with E-state index in [4.69, 9.17) is 83.1 Å². The Hall–Kier alpha value is -13.2. The zero-order chi connectivity index (χ0) is 93.1. The average molecular weight is 2090 g/mol. The van der Waals surface area contributed by atoms with E-state index in [-0.39, 0.29) is 18.4 Å². The Kier molecular flexibility index (Phi) is 31.0. The van der Waals surface area contributed by atoms with E-state index in [1.54, 1.807) is 11.6 Å². The monoisotopic (exact) mass is 2090 g/mol. The molecule has 10 aromatic heterocycles. The van der Waals surface area contributed by atoms with Gasteiger partial charge in [0.15, 0.2) is 28.2 Å².